The summed E-state index contributed by atoms with van der Waals surface area (Å²) in [6, 6.07) is 14.1. The van der Waals surface area contributed by atoms with Crippen molar-refractivity contribution >= 4 is 23.7 Å². The van der Waals surface area contributed by atoms with Crippen molar-refractivity contribution in [3.05, 3.63) is 77.0 Å². The van der Waals surface area contributed by atoms with Gasteiger partial charge in [-0.15, -0.1) is 0 Å². The maximum Gasteiger partial charge on any atom is 0.338 e. The molecule has 27 heavy (non-hydrogen) atoms. The molecule has 0 aliphatic carbocycles. The molecule has 0 bridgehead atoms. The van der Waals surface area contributed by atoms with Gasteiger partial charge in [-0.2, -0.15) is 0 Å². The molecule has 2 aromatic carbocycles. The molecule has 138 valence electrons. The number of ketones is 1. The van der Waals surface area contributed by atoms with Crippen LogP contribution in [0.2, 0.25) is 0 Å². The van der Waals surface area contributed by atoms with Crippen molar-refractivity contribution in [1.82, 2.24) is 0 Å². The van der Waals surface area contributed by atoms with E-state index in [2.05, 4.69) is 19.9 Å². The lowest BCUT2D eigenvalue weighted by molar-refractivity contribution is -0.117. The maximum atomic E-state index is 12.4. The number of esters is 1. The van der Waals surface area contributed by atoms with E-state index < -0.39 is 5.97 Å². The highest BCUT2D eigenvalue weighted by Crippen LogP contribution is 2.46. The molecule has 0 unspecified atom stereocenters. The Morgan fingerprint density at radius 2 is 1.74 bits per heavy atom. The number of carbonyl (C=O) groups is 3. The summed E-state index contributed by atoms with van der Waals surface area (Å²) < 4.78 is 5.11. The van der Waals surface area contributed by atoms with Crippen LogP contribution in [0.1, 0.15) is 40.1 Å². The number of hydrogen-bond acceptors (Lipinski definition) is 5. The van der Waals surface area contributed by atoms with Gasteiger partial charge in [0.15, 0.2) is 12.4 Å². The topological polar surface area (TPSA) is 63.7 Å². The van der Waals surface area contributed by atoms with Gasteiger partial charge in [-0.25, -0.2) is 4.79 Å². The molecule has 0 spiro atoms. The number of allylic oxidation sites excluding steroid dienone is 1. The molecule has 0 aromatic heterocycles. The molecule has 0 saturated carbocycles. The van der Waals surface area contributed by atoms with E-state index >= 15 is 0 Å². The van der Waals surface area contributed by atoms with Crippen LogP contribution in [0, 0.1) is 0 Å². The first-order valence-electron chi connectivity index (χ1n) is 8.65. The lowest BCUT2D eigenvalue weighted by atomic mass is 9.83. The smallest absolute Gasteiger partial charge is 0.338 e. The Morgan fingerprint density at radius 3 is 2.37 bits per heavy atom. The monoisotopic (exact) mass is 363 g/mol. The summed E-state index contributed by atoms with van der Waals surface area (Å²) in [5, 5.41) is 0. The van der Waals surface area contributed by atoms with Crippen LogP contribution < -0.4 is 4.90 Å². The van der Waals surface area contributed by atoms with E-state index in [0.29, 0.717) is 17.4 Å². The van der Waals surface area contributed by atoms with Gasteiger partial charge in [0.05, 0.1) is 5.56 Å². The summed E-state index contributed by atoms with van der Waals surface area (Å²) in [5.41, 5.74) is 3.54. The fraction of sp³-hybridized carbons (Fsp3) is 0.227. The predicted octanol–water partition coefficient (Wildman–Crippen LogP) is 3.54. The first-order chi connectivity index (χ1) is 12.8. The fourth-order valence-corrected chi connectivity index (χ4v) is 3.37. The molecule has 2 aromatic rings. The molecule has 5 nitrogen and oxygen atoms in total. The minimum absolute atomic E-state index is 0.282. The maximum absolute atomic E-state index is 12.4. The molecule has 0 amide bonds. The number of carbonyl (C=O) groups excluding carboxylic acids is 3. The third-order valence-corrected chi connectivity index (χ3v) is 4.87. The molecule has 0 saturated heterocycles. The molecular weight excluding hydrogens is 342 g/mol. The largest absolute Gasteiger partial charge is 0.454 e. The van der Waals surface area contributed by atoms with Crippen LogP contribution in [0.15, 0.2) is 60.3 Å². The summed E-state index contributed by atoms with van der Waals surface area (Å²) in [6.45, 7) is 3.79. The van der Waals surface area contributed by atoms with Crippen molar-refractivity contribution in [2.24, 2.45) is 0 Å². The molecule has 1 heterocycles. The van der Waals surface area contributed by atoms with Crippen LogP contribution >= 0.6 is 0 Å². The van der Waals surface area contributed by atoms with E-state index in [4.69, 9.17) is 4.74 Å². The van der Waals surface area contributed by atoms with E-state index in [9.17, 15) is 14.4 Å². The number of hydrogen-bond donors (Lipinski definition) is 0. The number of anilines is 1. The van der Waals surface area contributed by atoms with Crippen LogP contribution in [-0.4, -0.2) is 31.7 Å². The average Bonchev–Trinajstić information content (AvgIpc) is 2.87. The van der Waals surface area contributed by atoms with Crippen LogP contribution in [0.3, 0.4) is 0 Å². The second-order valence-corrected chi connectivity index (χ2v) is 7.01. The molecule has 3 rings (SSSR count). The van der Waals surface area contributed by atoms with Gasteiger partial charge in [0.2, 0.25) is 0 Å². The highest BCUT2D eigenvalue weighted by Gasteiger charge is 2.38. The van der Waals surface area contributed by atoms with Crippen molar-refractivity contribution in [1.29, 1.82) is 0 Å². The Balaban J connectivity index is 1.70. The minimum atomic E-state index is -0.596. The lowest BCUT2D eigenvalue weighted by Gasteiger charge is -2.23. The zero-order chi connectivity index (χ0) is 19.6. The van der Waals surface area contributed by atoms with Crippen LogP contribution in [0.4, 0.5) is 5.69 Å². The van der Waals surface area contributed by atoms with Gasteiger partial charge in [-0.3, -0.25) is 9.59 Å². The number of aldehydes is 1. The van der Waals surface area contributed by atoms with Crippen LogP contribution in [0.25, 0.3) is 0 Å². The molecule has 0 atom stereocenters. The first-order valence-corrected chi connectivity index (χ1v) is 8.65. The average molecular weight is 363 g/mol. The second-order valence-electron chi connectivity index (χ2n) is 7.01. The van der Waals surface area contributed by atoms with Gasteiger partial charge in [-0.1, -0.05) is 44.2 Å². The predicted molar refractivity (Wildman–Crippen MR) is 103 cm³/mol. The number of para-hydroxylation sites is 1. The van der Waals surface area contributed by atoms with E-state index in [1.807, 2.05) is 30.1 Å². The molecule has 1 aliphatic heterocycles. The molecular formula is C22H21NO4. The second kappa shape index (κ2) is 7.19. The van der Waals surface area contributed by atoms with Crippen molar-refractivity contribution in [3.8, 4) is 0 Å². The minimum Gasteiger partial charge on any atom is -0.454 e. The van der Waals surface area contributed by atoms with Crippen LogP contribution in [0.5, 0.6) is 0 Å². The van der Waals surface area contributed by atoms with Gasteiger partial charge in [0, 0.05) is 35.5 Å². The summed E-state index contributed by atoms with van der Waals surface area (Å²) in [5.74, 6) is -0.878. The number of nitrogens with zero attached hydrogens (tertiary/aromatic N) is 1. The van der Waals surface area contributed by atoms with Crippen molar-refractivity contribution in [2.45, 2.75) is 19.3 Å². The Labute approximate surface area is 158 Å². The highest BCUT2D eigenvalue weighted by molar-refractivity contribution is 5.96. The molecule has 0 N–H and O–H groups in total. The molecule has 1 aliphatic rings. The highest BCUT2D eigenvalue weighted by atomic mass is 16.5. The number of benzene rings is 2. The third kappa shape index (κ3) is 3.53. The molecule has 5 heteroatoms. The molecule has 0 fully saturated rings. The quantitative estimate of drug-likeness (QED) is 0.462. The summed E-state index contributed by atoms with van der Waals surface area (Å²) in [7, 11) is 1.92. The van der Waals surface area contributed by atoms with Gasteiger partial charge < -0.3 is 9.64 Å². The van der Waals surface area contributed by atoms with Gasteiger partial charge in [-0.05, 0) is 23.8 Å². The SMILES string of the molecule is CN1C(=CC(=O)COC(=O)c2ccc(C=O)cc2)C(C)(C)c2ccccc21. The summed E-state index contributed by atoms with van der Waals surface area (Å²) in [4.78, 5) is 37.1. The Bertz CT molecular complexity index is 926. The van der Waals surface area contributed by atoms with Gasteiger partial charge in [0.25, 0.3) is 0 Å². The number of rotatable bonds is 5. The fourth-order valence-electron chi connectivity index (χ4n) is 3.37. The summed E-state index contributed by atoms with van der Waals surface area (Å²) in [6.07, 6.45) is 2.24. The van der Waals surface area contributed by atoms with Gasteiger partial charge in [0.1, 0.15) is 6.29 Å². The van der Waals surface area contributed by atoms with Crippen molar-refractivity contribution in [2.75, 3.05) is 18.6 Å². The number of ether oxygens (including phenoxy) is 1. The Morgan fingerprint density at radius 1 is 1.07 bits per heavy atom. The standard InChI is InChI=1S/C22H21NO4/c1-22(2)18-6-4-5-7-19(18)23(3)20(22)12-17(25)14-27-21(26)16-10-8-15(13-24)9-11-16/h4-13H,14H2,1-3H3. The van der Waals surface area contributed by atoms with E-state index in [-0.39, 0.29) is 17.8 Å². The Hall–Kier alpha value is -3.21. The zero-order valence-corrected chi connectivity index (χ0v) is 15.6. The summed E-state index contributed by atoms with van der Waals surface area (Å²) >= 11 is 0. The van der Waals surface area contributed by atoms with Crippen LogP contribution in [-0.2, 0) is 14.9 Å². The number of fused-ring (bicyclic) bond motifs is 1. The Kier molecular flexibility index (Phi) is 4.95. The third-order valence-electron chi connectivity index (χ3n) is 4.87. The molecule has 0 radical (unpaired) electrons. The van der Waals surface area contributed by atoms with E-state index in [1.165, 1.54) is 24.3 Å². The van der Waals surface area contributed by atoms with Crippen molar-refractivity contribution in [3.63, 3.8) is 0 Å². The zero-order valence-electron chi connectivity index (χ0n) is 15.6. The normalized spacial score (nSPS) is 16.1. The van der Waals surface area contributed by atoms with Crippen molar-refractivity contribution < 1.29 is 19.1 Å². The number of likely N-dealkylation sites (N-methyl/N-ethyl adjacent to an activating group) is 1. The lowest BCUT2D eigenvalue weighted by Crippen LogP contribution is -2.25. The van der Waals surface area contributed by atoms with E-state index in [0.717, 1.165) is 16.9 Å². The first kappa shape index (κ1) is 18.6. The van der Waals surface area contributed by atoms with Gasteiger partial charge >= 0.3 is 5.97 Å². The van der Waals surface area contributed by atoms with E-state index in [1.54, 1.807) is 6.08 Å².